The summed E-state index contributed by atoms with van der Waals surface area (Å²) in [4.78, 5) is 8.18. The smallest absolute Gasteiger partial charge is 0.223 e. The van der Waals surface area contributed by atoms with Gasteiger partial charge < -0.3 is 15.8 Å². The number of hydrogen-bond acceptors (Lipinski definition) is 5. The molecular weight excluding hydrogens is 411 g/mol. The highest BCUT2D eigenvalue weighted by Gasteiger charge is 2.44. The molecule has 0 radical (unpaired) electrons. The molecular formula is C20H14BrFN4O. The highest BCUT2D eigenvalue weighted by molar-refractivity contribution is 9.10. The van der Waals surface area contributed by atoms with Crippen LogP contribution >= 0.6 is 15.9 Å². The normalized spacial score (nSPS) is 19.7. The summed E-state index contributed by atoms with van der Waals surface area (Å²) in [5.41, 5.74) is 8.51. The van der Waals surface area contributed by atoms with Crippen LogP contribution in [0.5, 0.6) is 11.6 Å². The quantitative estimate of drug-likeness (QED) is 0.580. The third-order valence-electron chi connectivity index (χ3n) is 5.01. The minimum atomic E-state index is -0.543. The van der Waals surface area contributed by atoms with Crippen LogP contribution in [0.15, 0.2) is 65.2 Å². The lowest BCUT2D eigenvalue weighted by Gasteiger charge is -2.35. The molecule has 7 heteroatoms. The van der Waals surface area contributed by atoms with Crippen LogP contribution in [0, 0.1) is 5.95 Å². The number of hydrogen-bond donors (Lipinski definition) is 2. The Hall–Kier alpha value is -2.93. The van der Waals surface area contributed by atoms with E-state index in [-0.39, 0.29) is 0 Å². The van der Waals surface area contributed by atoms with Gasteiger partial charge in [0.05, 0.1) is 11.2 Å². The van der Waals surface area contributed by atoms with Crippen molar-refractivity contribution in [2.24, 2.45) is 5.73 Å². The molecule has 1 atom stereocenters. The first-order valence-electron chi connectivity index (χ1n) is 8.38. The van der Waals surface area contributed by atoms with E-state index in [1.807, 2.05) is 30.3 Å². The monoisotopic (exact) mass is 424 g/mol. The van der Waals surface area contributed by atoms with Crippen molar-refractivity contribution in [1.29, 1.82) is 0 Å². The van der Waals surface area contributed by atoms with Gasteiger partial charge in [-0.3, -0.25) is 0 Å². The number of nitrogens with two attached hydrogens (primary N) is 1. The molecule has 0 fully saturated rings. The Labute approximate surface area is 163 Å². The number of ether oxygens (including phenoxy) is 1. The summed E-state index contributed by atoms with van der Waals surface area (Å²) < 4.78 is 21.1. The fraction of sp³-hybridized carbons (Fsp3) is 0.100. The molecule has 0 saturated carbocycles. The molecule has 0 amide bonds. The van der Waals surface area contributed by atoms with Crippen molar-refractivity contribution < 1.29 is 9.13 Å². The lowest BCUT2D eigenvalue weighted by atomic mass is 9.73. The van der Waals surface area contributed by atoms with E-state index in [2.05, 4.69) is 31.2 Å². The zero-order valence-electron chi connectivity index (χ0n) is 14.0. The lowest BCUT2D eigenvalue weighted by Crippen LogP contribution is -2.34. The standard InChI is InChI=1S/C20H14BrFN4O/c21-12-7-15-19(25-9-12)27-16-4-3-11(13-2-1-5-24-18(13)22)6-14(16)20(15)8-17(23)26-10-20/h1-9,26H,10,23H2/t20-/m0/s1. The van der Waals surface area contributed by atoms with E-state index in [4.69, 9.17) is 10.5 Å². The van der Waals surface area contributed by atoms with Gasteiger partial charge in [0.2, 0.25) is 11.8 Å². The van der Waals surface area contributed by atoms with Crippen LogP contribution in [0.1, 0.15) is 11.1 Å². The van der Waals surface area contributed by atoms with E-state index in [9.17, 15) is 4.39 Å². The van der Waals surface area contributed by atoms with Gasteiger partial charge in [-0.15, -0.1) is 0 Å². The first-order valence-corrected chi connectivity index (χ1v) is 9.18. The van der Waals surface area contributed by atoms with Crippen LogP contribution in [0.2, 0.25) is 0 Å². The van der Waals surface area contributed by atoms with Crippen molar-refractivity contribution in [3.8, 4) is 22.8 Å². The van der Waals surface area contributed by atoms with E-state index >= 15 is 0 Å². The highest BCUT2D eigenvalue weighted by atomic mass is 79.9. The molecule has 4 heterocycles. The SMILES string of the molecule is NC1=C[C@]2(CN1)c1cc(-c3cccnc3F)ccc1Oc1ncc(Br)cc12. The van der Waals surface area contributed by atoms with Gasteiger partial charge in [0.25, 0.3) is 0 Å². The number of aromatic nitrogens is 2. The third-order valence-corrected chi connectivity index (χ3v) is 5.44. The van der Waals surface area contributed by atoms with Gasteiger partial charge in [-0.25, -0.2) is 9.97 Å². The van der Waals surface area contributed by atoms with Crippen molar-refractivity contribution in [3.63, 3.8) is 0 Å². The van der Waals surface area contributed by atoms with E-state index in [1.54, 1.807) is 18.3 Å². The van der Waals surface area contributed by atoms with Gasteiger partial charge in [-0.2, -0.15) is 4.39 Å². The Kier molecular flexibility index (Phi) is 3.48. The fourth-order valence-corrected chi connectivity index (χ4v) is 4.10. The van der Waals surface area contributed by atoms with Crippen LogP contribution in [0.3, 0.4) is 0 Å². The van der Waals surface area contributed by atoms with Crippen LogP contribution < -0.4 is 15.8 Å². The molecule has 0 unspecified atom stereocenters. The zero-order valence-corrected chi connectivity index (χ0v) is 15.6. The Morgan fingerprint density at radius 1 is 1.19 bits per heavy atom. The van der Waals surface area contributed by atoms with Crippen LogP contribution in [0.25, 0.3) is 11.1 Å². The van der Waals surface area contributed by atoms with Crippen molar-refractivity contribution >= 4 is 15.9 Å². The largest absolute Gasteiger partial charge is 0.438 e. The second kappa shape index (κ2) is 5.79. The number of pyridine rings is 2. The summed E-state index contributed by atoms with van der Waals surface area (Å²) in [6, 6.07) is 11.0. The maximum atomic E-state index is 14.2. The predicted molar refractivity (Wildman–Crippen MR) is 103 cm³/mol. The maximum absolute atomic E-state index is 14.2. The molecule has 1 aromatic carbocycles. The minimum Gasteiger partial charge on any atom is -0.438 e. The Bertz CT molecular complexity index is 1120. The summed E-state index contributed by atoms with van der Waals surface area (Å²) in [7, 11) is 0. The average molecular weight is 425 g/mol. The van der Waals surface area contributed by atoms with Gasteiger partial charge in [0.15, 0.2) is 0 Å². The van der Waals surface area contributed by atoms with Gasteiger partial charge in [0, 0.05) is 40.1 Å². The molecule has 2 aromatic heterocycles. The molecule has 0 aliphatic carbocycles. The first-order chi connectivity index (χ1) is 13.1. The van der Waals surface area contributed by atoms with Crippen molar-refractivity contribution in [2.75, 3.05) is 6.54 Å². The predicted octanol–water partition coefficient (Wildman–Crippen LogP) is 3.84. The molecule has 27 heavy (non-hydrogen) atoms. The summed E-state index contributed by atoms with van der Waals surface area (Å²) in [6.45, 7) is 0.569. The molecule has 2 aliphatic heterocycles. The van der Waals surface area contributed by atoms with Crippen molar-refractivity contribution in [1.82, 2.24) is 15.3 Å². The number of benzene rings is 1. The molecule has 2 aliphatic rings. The van der Waals surface area contributed by atoms with E-state index in [0.717, 1.165) is 21.2 Å². The average Bonchev–Trinajstić information content (AvgIpc) is 3.06. The minimum absolute atomic E-state index is 0.441. The summed E-state index contributed by atoms with van der Waals surface area (Å²) in [5, 5.41) is 3.21. The van der Waals surface area contributed by atoms with E-state index in [1.165, 1.54) is 6.20 Å². The molecule has 3 aromatic rings. The molecule has 5 rings (SSSR count). The van der Waals surface area contributed by atoms with E-state index < -0.39 is 11.4 Å². The first kappa shape index (κ1) is 16.3. The number of fused-ring (bicyclic) bond motifs is 4. The Morgan fingerprint density at radius 2 is 2.07 bits per heavy atom. The molecule has 3 N–H and O–H groups in total. The van der Waals surface area contributed by atoms with Gasteiger partial charge in [-0.1, -0.05) is 6.07 Å². The number of rotatable bonds is 1. The molecule has 1 spiro atoms. The maximum Gasteiger partial charge on any atom is 0.223 e. The van der Waals surface area contributed by atoms with Crippen LogP contribution in [0.4, 0.5) is 4.39 Å². The summed E-state index contributed by atoms with van der Waals surface area (Å²) in [5.74, 6) is 1.30. The van der Waals surface area contributed by atoms with Crippen LogP contribution in [-0.4, -0.2) is 16.5 Å². The Morgan fingerprint density at radius 3 is 2.85 bits per heavy atom. The number of halogens is 2. The Balaban J connectivity index is 1.76. The number of nitrogens with one attached hydrogen (secondary N) is 1. The zero-order chi connectivity index (χ0) is 18.6. The van der Waals surface area contributed by atoms with Gasteiger partial charge in [-0.05, 0) is 57.9 Å². The summed E-state index contributed by atoms with van der Waals surface area (Å²) >= 11 is 3.49. The second-order valence-corrected chi connectivity index (χ2v) is 7.50. The molecule has 134 valence electrons. The molecule has 0 saturated heterocycles. The number of nitrogens with zero attached hydrogens (tertiary/aromatic N) is 2. The molecule has 5 nitrogen and oxygen atoms in total. The van der Waals surface area contributed by atoms with Crippen LogP contribution in [-0.2, 0) is 5.41 Å². The highest BCUT2D eigenvalue weighted by Crippen LogP contribution is 2.51. The fourth-order valence-electron chi connectivity index (χ4n) is 3.77. The third kappa shape index (κ3) is 2.42. The second-order valence-electron chi connectivity index (χ2n) is 6.59. The lowest BCUT2D eigenvalue weighted by molar-refractivity contribution is 0.407. The van der Waals surface area contributed by atoms with E-state index in [0.29, 0.717) is 29.6 Å². The van der Waals surface area contributed by atoms with Crippen molar-refractivity contribution in [2.45, 2.75) is 5.41 Å². The van der Waals surface area contributed by atoms with Gasteiger partial charge in [0.1, 0.15) is 5.75 Å². The molecule has 0 bridgehead atoms. The van der Waals surface area contributed by atoms with Crippen molar-refractivity contribution in [3.05, 3.63) is 82.2 Å². The van der Waals surface area contributed by atoms with Gasteiger partial charge >= 0.3 is 0 Å². The topological polar surface area (TPSA) is 73.1 Å². The summed E-state index contributed by atoms with van der Waals surface area (Å²) in [6.07, 6.45) is 5.11.